The van der Waals surface area contributed by atoms with Gasteiger partial charge in [0.05, 0.1) is 0 Å². The van der Waals surface area contributed by atoms with E-state index in [9.17, 15) is 0 Å². The summed E-state index contributed by atoms with van der Waals surface area (Å²) in [5.74, 6) is 4.98. The summed E-state index contributed by atoms with van der Waals surface area (Å²) in [5, 5.41) is 3.66. The molecular formula is C17H23NO. The smallest absolute Gasteiger partial charge is 0.148 e. The van der Waals surface area contributed by atoms with Crippen LogP contribution in [-0.4, -0.2) is 12.6 Å². The first-order valence-electron chi connectivity index (χ1n) is 7.10. The van der Waals surface area contributed by atoms with E-state index in [-0.39, 0.29) is 0 Å². The predicted octanol–water partition coefficient (Wildman–Crippen LogP) is 3.22. The molecule has 1 saturated carbocycles. The van der Waals surface area contributed by atoms with Gasteiger partial charge in [-0.3, -0.25) is 0 Å². The summed E-state index contributed by atoms with van der Waals surface area (Å²) in [7, 11) is 0. The van der Waals surface area contributed by atoms with Gasteiger partial charge in [-0.1, -0.05) is 38.0 Å². The van der Waals surface area contributed by atoms with Gasteiger partial charge in [-0.2, -0.15) is 0 Å². The Morgan fingerprint density at radius 1 is 1.32 bits per heavy atom. The Labute approximate surface area is 116 Å². The number of rotatable bonds is 5. The summed E-state index contributed by atoms with van der Waals surface area (Å²) in [5.41, 5.74) is 1.18. The van der Waals surface area contributed by atoms with Crippen molar-refractivity contribution >= 4 is 0 Å². The van der Waals surface area contributed by atoms with E-state index in [0.29, 0.717) is 12.6 Å². The van der Waals surface area contributed by atoms with Crippen molar-refractivity contribution in [3.05, 3.63) is 29.8 Å². The average Bonchev–Trinajstić information content (AvgIpc) is 2.75. The molecule has 1 fully saturated rings. The quantitative estimate of drug-likeness (QED) is 0.818. The summed E-state index contributed by atoms with van der Waals surface area (Å²) >= 11 is 0. The van der Waals surface area contributed by atoms with Gasteiger partial charge in [0, 0.05) is 18.2 Å². The highest BCUT2D eigenvalue weighted by atomic mass is 16.5. The molecule has 1 aromatic rings. The van der Waals surface area contributed by atoms with Gasteiger partial charge in [-0.05, 0) is 30.7 Å². The second-order valence-corrected chi connectivity index (χ2v) is 5.50. The highest BCUT2D eigenvalue weighted by Crippen LogP contribution is 2.31. The minimum atomic E-state index is 0.327. The largest absolute Gasteiger partial charge is 0.481 e. The van der Waals surface area contributed by atoms with Crippen LogP contribution in [0, 0.1) is 24.2 Å². The molecule has 102 valence electrons. The molecule has 1 aliphatic rings. The molecule has 0 amide bonds. The number of nitrogens with one attached hydrogen (secondary N) is 1. The summed E-state index contributed by atoms with van der Waals surface area (Å²) < 4.78 is 5.57. The Morgan fingerprint density at radius 2 is 2.11 bits per heavy atom. The van der Waals surface area contributed by atoms with Crippen LogP contribution in [-0.2, 0) is 6.54 Å². The second-order valence-electron chi connectivity index (χ2n) is 5.50. The molecule has 0 bridgehead atoms. The van der Waals surface area contributed by atoms with Crippen molar-refractivity contribution in [1.29, 1.82) is 0 Å². The van der Waals surface area contributed by atoms with Crippen molar-refractivity contribution in [2.45, 2.75) is 39.3 Å². The van der Waals surface area contributed by atoms with Gasteiger partial charge >= 0.3 is 0 Å². The molecule has 2 nitrogen and oxygen atoms in total. The monoisotopic (exact) mass is 257 g/mol. The molecule has 0 heterocycles. The molecule has 3 atom stereocenters. The maximum absolute atomic E-state index is 5.57. The normalized spacial score (nSPS) is 26.1. The van der Waals surface area contributed by atoms with Gasteiger partial charge in [-0.25, -0.2) is 0 Å². The number of hydrogen-bond donors (Lipinski definition) is 1. The molecule has 0 aromatic heterocycles. The summed E-state index contributed by atoms with van der Waals surface area (Å²) in [6.07, 6.45) is 7.84. The molecule has 0 aliphatic heterocycles. The van der Waals surface area contributed by atoms with Gasteiger partial charge in [0.2, 0.25) is 0 Å². The Morgan fingerprint density at radius 3 is 2.79 bits per heavy atom. The van der Waals surface area contributed by atoms with Crippen molar-refractivity contribution in [2.24, 2.45) is 11.8 Å². The number of ether oxygens (including phenoxy) is 1. The van der Waals surface area contributed by atoms with E-state index >= 15 is 0 Å². The zero-order chi connectivity index (χ0) is 13.7. The fraction of sp³-hybridized carbons (Fsp3) is 0.529. The summed E-state index contributed by atoms with van der Waals surface area (Å²) in [6, 6.07) is 8.73. The van der Waals surface area contributed by atoms with Crippen molar-refractivity contribution in [2.75, 3.05) is 6.61 Å². The molecular weight excluding hydrogens is 234 g/mol. The van der Waals surface area contributed by atoms with Gasteiger partial charge in [0.1, 0.15) is 12.4 Å². The zero-order valence-corrected chi connectivity index (χ0v) is 11.9. The fourth-order valence-corrected chi connectivity index (χ4v) is 2.80. The van der Waals surface area contributed by atoms with Crippen LogP contribution in [0.4, 0.5) is 0 Å². The SMILES string of the molecule is C#CCOc1ccccc1CNC1CCC(C)C1C. The lowest BCUT2D eigenvalue weighted by molar-refractivity contribution is 0.352. The molecule has 1 N–H and O–H groups in total. The maximum atomic E-state index is 5.57. The maximum Gasteiger partial charge on any atom is 0.148 e. The molecule has 1 aliphatic carbocycles. The van der Waals surface area contributed by atoms with Gasteiger partial charge in [0.25, 0.3) is 0 Å². The lowest BCUT2D eigenvalue weighted by Gasteiger charge is -2.20. The van der Waals surface area contributed by atoms with Crippen LogP contribution in [0.1, 0.15) is 32.3 Å². The first-order chi connectivity index (χ1) is 9.22. The number of para-hydroxylation sites is 1. The van der Waals surface area contributed by atoms with Crippen LogP contribution in [0.5, 0.6) is 5.75 Å². The van der Waals surface area contributed by atoms with Gasteiger partial charge in [0.15, 0.2) is 0 Å². The van der Waals surface area contributed by atoms with E-state index in [1.807, 2.05) is 18.2 Å². The molecule has 3 unspecified atom stereocenters. The molecule has 1 aromatic carbocycles. The number of terminal acetylenes is 1. The third kappa shape index (κ3) is 3.52. The molecule has 19 heavy (non-hydrogen) atoms. The third-order valence-corrected chi connectivity index (χ3v) is 4.30. The highest BCUT2D eigenvalue weighted by Gasteiger charge is 2.29. The van der Waals surface area contributed by atoms with Gasteiger partial charge in [-0.15, -0.1) is 6.42 Å². The molecule has 2 rings (SSSR count). The van der Waals surface area contributed by atoms with Crippen LogP contribution in [0.15, 0.2) is 24.3 Å². The fourth-order valence-electron chi connectivity index (χ4n) is 2.80. The minimum absolute atomic E-state index is 0.327. The average molecular weight is 257 g/mol. The molecule has 0 saturated heterocycles. The number of hydrogen-bond acceptors (Lipinski definition) is 2. The lowest BCUT2D eigenvalue weighted by atomic mass is 9.97. The van der Waals surface area contributed by atoms with Crippen molar-refractivity contribution < 1.29 is 4.74 Å². The number of benzene rings is 1. The van der Waals surface area contributed by atoms with E-state index in [4.69, 9.17) is 11.2 Å². The summed E-state index contributed by atoms with van der Waals surface area (Å²) in [4.78, 5) is 0. The predicted molar refractivity (Wildman–Crippen MR) is 79.0 cm³/mol. The Kier molecular flexibility index (Phi) is 4.87. The van der Waals surface area contributed by atoms with E-state index in [0.717, 1.165) is 24.1 Å². The Bertz CT molecular complexity index is 449. The van der Waals surface area contributed by atoms with E-state index < -0.39 is 0 Å². The highest BCUT2D eigenvalue weighted by molar-refractivity contribution is 5.33. The van der Waals surface area contributed by atoms with Crippen LogP contribution in [0.3, 0.4) is 0 Å². The standard InChI is InChI=1S/C17H23NO/c1-4-11-19-17-8-6-5-7-15(17)12-18-16-10-9-13(2)14(16)3/h1,5-8,13-14,16,18H,9-12H2,2-3H3. The Balaban J connectivity index is 1.94. The van der Waals surface area contributed by atoms with E-state index in [1.54, 1.807) is 0 Å². The van der Waals surface area contributed by atoms with E-state index in [2.05, 4.69) is 31.2 Å². The van der Waals surface area contributed by atoms with Crippen molar-refractivity contribution in [3.8, 4) is 18.1 Å². The first kappa shape index (κ1) is 14.0. The first-order valence-corrected chi connectivity index (χ1v) is 7.10. The van der Waals surface area contributed by atoms with Crippen LogP contribution in [0.2, 0.25) is 0 Å². The van der Waals surface area contributed by atoms with Gasteiger partial charge < -0.3 is 10.1 Å². The minimum Gasteiger partial charge on any atom is -0.481 e. The lowest BCUT2D eigenvalue weighted by Crippen LogP contribution is -2.32. The summed E-state index contributed by atoms with van der Waals surface area (Å²) in [6.45, 7) is 5.86. The van der Waals surface area contributed by atoms with Crippen LogP contribution >= 0.6 is 0 Å². The van der Waals surface area contributed by atoms with Crippen LogP contribution in [0.25, 0.3) is 0 Å². The van der Waals surface area contributed by atoms with Crippen molar-refractivity contribution in [3.63, 3.8) is 0 Å². The van der Waals surface area contributed by atoms with Crippen molar-refractivity contribution in [1.82, 2.24) is 5.32 Å². The Hall–Kier alpha value is -1.46. The second kappa shape index (κ2) is 6.63. The zero-order valence-electron chi connectivity index (χ0n) is 11.9. The van der Waals surface area contributed by atoms with Crippen LogP contribution < -0.4 is 10.1 Å². The third-order valence-electron chi connectivity index (χ3n) is 4.30. The molecule has 0 spiro atoms. The molecule has 2 heteroatoms. The topological polar surface area (TPSA) is 21.3 Å². The van der Waals surface area contributed by atoms with E-state index in [1.165, 1.54) is 18.4 Å². The molecule has 0 radical (unpaired) electrons.